The minimum atomic E-state index is 0.690. The highest BCUT2D eigenvalue weighted by molar-refractivity contribution is 6.31. The maximum absolute atomic E-state index is 6.11. The monoisotopic (exact) mass is 276 g/mol. The van der Waals surface area contributed by atoms with Crippen LogP contribution in [0.5, 0.6) is 0 Å². The van der Waals surface area contributed by atoms with Crippen LogP contribution in [0.3, 0.4) is 0 Å². The van der Waals surface area contributed by atoms with Crippen molar-refractivity contribution in [3.8, 4) is 0 Å². The Morgan fingerprint density at radius 2 is 2.05 bits per heavy atom. The number of aromatic nitrogens is 2. The van der Waals surface area contributed by atoms with Gasteiger partial charge in [-0.05, 0) is 36.4 Å². The summed E-state index contributed by atoms with van der Waals surface area (Å²) in [6.07, 6.45) is 5.29. The first-order chi connectivity index (χ1) is 9.20. The average Bonchev–Trinajstić information content (AvgIpc) is 2.42. The van der Waals surface area contributed by atoms with Gasteiger partial charge in [0.2, 0.25) is 0 Å². The van der Waals surface area contributed by atoms with Gasteiger partial charge in [-0.3, -0.25) is 4.98 Å². The summed E-state index contributed by atoms with van der Waals surface area (Å²) in [4.78, 5) is 10.5. The van der Waals surface area contributed by atoms with Crippen LogP contribution in [0.15, 0.2) is 36.8 Å². The van der Waals surface area contributed by atoms with Gasteiger partial charge in [0.1, 0.15) is 5.82 Å². The Hall–Kier alpha value is -1.65. The predicted octanol–water partition coefficient (Wildman–Crippen LogP) is 2.49. The van der Waals surface area contributed by atoms with Crippen molar-refractivity contribution in [2.45, 2.75) is 13.1 Å². The van der Waals surface area contributed by atoms with E-state index in [1.807, 2.05) is 32.3 Å². The Morgan fingerprint density at radius 3 is 2.74 bits per heavy atom. The van der Waals surface area contributed by atoms with Crippen molar-refractivity contribution in [2.75, 3.05) is 19.0 Å². The fourth-order valence-electron chi connectivity index (χ4n) is 1.85. The van der Waals surface area contributed by atoms with Gasteiger partial charge in [0.15, 0.2) is 0 Å². The second-order valence-corrected chi connectivity index (χ2v) is 4.78. The van der Waals surface area contributed by atoms with Gasteiger partial charge in [-0.2, -0.15) is 0 Å². The third-order valence-electron chi connectivity index (χ3n) is 2.85. The zero-order valence-electron chi connectivity index (χ0n) is 11.1. The molecule has 0 spiro atoms. The van der Waals surface area contributed by atoms with Crippen LogP contribution in [0, 0.1) is 0 Å². The molecular weight excluding hydrogens is 260 g/mol. The molecule has 0 aliphatic heterocycles. The molecule has 0 bridgehead atoms. The van der Waals surface area contributed by atoms with E-state index in [0.29, 0.717) is 5.02 Å². The first-order valence-corrected chi connectivity index (χ1v) is 6.47. The van der Waals surface area contributed by atoms with Gasteiger partial charge in [0.05, 0.1) is 5.02 Å². The Kier molecular flexibility index (Phi) is 4.71. The van der Waals surface area contributed by atoms with E-state index in [4.69, 9.17) is 11.6 Å². The first-order valence-electron chi connectivity index (χ1n) is 6.09. The van der Waals surface area contributed by atoms with Gasteiger partial charge in [-0.1, -0.05) is 11.6 Å². The molecule has 0 amide bonds. The summed E-state index contributed by atoms with van der Waals surface area (Å²) in [5.74, 6) is 0.909. The highest BCUT2D eigenvalue weighted by Gasteiger charge is 2.07. The third-order valence-corrected chi connectivity index (χ3v) is 3.19. The van der Waals surface area contributed by atoms with Crippen LogP contribution in [-0.2, 0) is 13.1 Å². The molecule has 2 aromatic rings. The number of anilines is 1. The largest absolute Gasteiger partial charge is 0.355 e. The standard InChI is InChI=1S/C14H17ClN4/c1-16-8-12-7-14(18-9-13(12)15)19(2)10-11-3-5-17-6-4-11/h3-7,9,16H,8,10H2,1-2H3. The Morgan fingerprint density at radius 1 is 1.32 bits per heavy atom. The highest BCUT2D eigenvalue weighted by atomic mass is 35.5. The van der Waals surface area contributed by atoms with E-state index in [1.165, 1.54) is 5.56 Å². The topological polar surface area (TPSA) is 41.0 Å². The van der Waals surface area contributed by atoms with Gasteiger partial charge in [0.25, 0.3) is 0 Å². The first kappa shape index (κ1) is 13.8. The molecule has 0 radical (unpaired) electrons. The zero-order chi connectivity index (χ0) is 13.7. The van der Waals surface area contributed by atoms with Gasteiger partial charge in [-0.25, -0.2) is 4.98 Å². The number of halogens is 1. The molecule has 0 atom stereocenters. The molecule has 0 saturated carbocycles. The van der Waals surface area contributed by atoms with Crippen LogP contribution >= 0.6 is 11.6 Å². The van der Waals surface area contributed by atoms with Crippen molar-refractivity contribution in [1.82, 2.24) is 15.3 Å². The van der Waals surface area contributed by atoms with E-state index in [1.54, 1.807) is 18.6 Å². The second-order valence-electron chi connectivity index (χ2n) is 4.38. The molecule has 2 aromatic heterocycles. The normalized spacial score (nSPS) is 10.5. The van der Waals surface area contributed by atoms with Crippen LogP contribution in [0.25, 0.3) is 0 Å². The van der Waals surface area contributed by atoms with Gasteiger partial charge >= 0.3 is 0 Å². The van der Waals surface area contributed by atoms with E-state index < -0.39 is 0 Å². The Bertz CT molecular complexity index is 530. The maximum Gasteiger partial charge on any atom is 0.128 e. The van der Waals surface area contributed by atoms with Crippen molar-refractivity contribution >= 4 is 17.4 Å². The number of rotatable bonds is 5. The number of nitrogens with zero attached hydrogens (tertiary/aromatic N) is 3. The number of hydrogen-bond donors (Lipinski definition) is 1. The number of nitrogens with one attached hydrogen (secondary N) is 1. The van der Waals surface area contributed by atoms with Crippen LogP contribution in [0.4, 0.5) is 5.82 Å². The highest BCUT2D eigenvalue weighted by Crippen LogP contribution is 2.20. The molecule has 4 nitrogen and oxygen atoms in total. The molecule has 0 unspecified atom stereocenters. The summed E-state index contributed by atoms with van der Waals surface area (Å²) in [5, 5.41) is 3.79. The lowest BCUT2D eigenvalue weighted by Gasteiger charge is -2.19. The minimum Gasteiger partial charge on any atom is -0.355 e. The van der Waals surface area contributed by atoms with E-state index in [-0.39, 0.29) is 0 Å². The molecular formula is C14H17ClN4. The number of pyridine rings is 2. The van der Waals surface area contributed by atoms with Gasteiger partial charge in [0, 0.05) is 38.7 Å². The smallest absolute Gasteiger partial charge is 0.128 e. The molecule has 1 N–H and O–H groups in total. The molecule has 2 rings (SSSR count). The summed E-state index contributed by atoms with van der Waals surface area (Å²) < 4.78 is 0. The summed E-state index contributed by atoms with van der Waals surface area (Å²) >= 11 is 6.11. The molecule has 0 aromatic carbocycles. The Balaban J connectivity index is 2.15. The predicted molar refractivity (Wildman–Crippen MR) is 78.4 cm³/mol. The van der Waals surface area contributed by atoms with Crippen LogP contribution in [0.2, 0.25) is 5.02 Å². The van der Waals surface area contributed by atoms with Crippen molar-refractivity contribution in [3.05, 3.63) is 52.9 Å². The van der Waals surface area contributed by atoms with Gasteiger partial charge in [-0.15, -0.1) is 0 Å². The summed E-state index contributed by atoms with van der Waals surface area (Å²) in [7, 11) is 3.91. The maximum atomic E-state index is 6.11. The quantitative estimate of drug-likeness (QED) is 0.911. The third kappa shape index (κ3) is 3.66. The molecule has 0 fully saturated rings. The molecule has 19 heavy (non-hydrogen) atoms. The fourth-order valence-corrected chi connectivity index (χ4v) is 2.02. The van der Waals surface area contributed by atoms with Crippen molar-refractivity contribution in [1.29, 1.82) is 0 Å². The lowest BCUT2D eigenvalue weighted by molar-refractivity contribution is 0.811. The SMILES string of the molecule is CNCc1cc(N(C)Cc2ccncc2)ncc1Cl. The lowest BCUT2D eigenvalue weighted by Crippen LogP contribution is -2.18. The lowest BCUT2D eigenvalue weighted by atomic mass is 10.2. The number of hydrogen-bond acceptors (Lipinski definition) is 4. The van der Waals surface area contributed by atoms with Crippen LogP contribution in [0.1, 0.15) is 11.1 Å². The Labute approximate surface area is 118 Å². The van der Waals surface area contributed by atoms with Gasteiger partial charge < -0.3 is 10.2 Å². The van der Waals surface area contributed by atoms with E-state index in [9.17, 15) is 0 Å². The molecule has 100 valence electrons. The molecule has 0 aliphatic carbocycles. The zero-order valence-corrected chi connectivity index (χ0v) is 11.9. The summed E-state index contributed by atoms with van der Waals surface area (Å²) in [6.45, 7) is 1.52. The average molecular weight is 277 g/mol. The summed E-state index contributed by atoms with van der Waals surface area (Å²) in [6, 6.07) is 6.02. The second kappa shape index (κ2) is 6.50. The fraction of sp³-hybridized carbons (Fsp3) is 0.286. The van der Waals surface area contributed by atoms with Crippen LogP contribution < -0.4 is 10.2 Å². The summed E-state index contributed by atoms with van der Waals surface area (Å²) in [5.41, 5.74) is 2.25. The van der Waals surface area contributed by atoms with Crippen LogP contribution in [-0.4, -0.2) is 24.1 Å². The molecule has 5 heteroatoms. The molecule has 0 aliphatic rings. The van der Waals surface area contributed by atoms with Crippen molar-refractivity contribution < 1.29 is 0 Å². The van der Waals surface area contributed by atoms with E-state index in [0.717, 1.165) is 24.5 Å². The van der Waals surface area contributed by atoms with Crippen molar-refractivity contribution in [2.24, 2.45) is 0 Å². The minimum absolute atomic E-state index is 0.690. The van der Waals surface area contributed by atoms with E-state index in [2.05, 4.69) is 20.2 Å². The van der Waals surface area contributed by atoms with E-state index >= 15 is 0 Å². The molecule has 2 heterocycles. The van der Waals surface area contributed by atoms with Crippen molar-refractivity contribution in [3.63, 3.8) is 0 Å². The molecule has 0 saturated heterocycles.